The molecule has 0 radical (unpaired) electrons. The van der Waals surface area contributed by atoms with Crippen LogP contribution in [0.5, 0.6) is 5.75 Å². The third kappa shape index (κ3) is 4.40. The van der Waals surface area contributed by atoms with Crippen LogP contribution >= 0.6 is 39.1 Å². The molecule has 2 aromatic carbocycles. The number of hydrogen-bond donors (Lipinski definition) is 1. The maximum absolute atomic E-state index is 11.7. The molecule has 0 fully saturated rings. The van der Waals surface area contributed by atoms with Crippen LogP contribution in [0.2, 0.25) is 10.0 Å². The van der Waals surface area contributed by atoms with Gasteiger partial charge in [-0.3, -0.25) is 4.79 Å². The molecule has 104 valence electrons. The van der Waals surface area contributed by atoms with Gasteiger partial charge in [-0.1, -0.05) is 45.2 Å². The molecule has 2 rings (SSSR count). The van der Waals surface area contributed by atoms with E-state index in [-0.39, 0.29) is 12.5 Å². The fraction of sp³-hybridized carbons (Fsp3) is 0.0714. The first-order valence-corrected chi connectivity index (χ1v) is 7.23. The van der Waals surface area contributed by atoms with E-state index in [4.69, 9.17) is 27.9 Å². The van der Waals surface area contributed by atoms with Gasteiger partial charge in [-0.05, 0) is 30.3 Å². The van der Waals surface area contributed by atoms with Crippen LogP contribution < -0.4 is 10.1 Å². The Bertz CT molecular complexity index is 634. The fourth-order valence-electron chi connectivity index (χ4n) is 1.48. The van der Waals surface area contributed by atoms with Crippen LogP contribution in [0.15, 0.2) is 46.9 Å². The Labute approximate surface area is 135 Å². The van der Waals surface area contributed by atoms with Gasteiger partial charge in [0.25, 0.3) is 5.91 Å². The number of ether oxygens (including phenoxy) is 1. The molecule has 2 aromatic rings. The van der Waals surface area contributed by atoms with Crippen molar-refractivity contribution in [3.8, 4) is 5.75 Å². The lowest BCUT2D eigenvalue weighted by Gasteiger charge is -2.08. The molecule has 0 saturated heterocycles. The third-order valence-electron chi connectivity index (χ3n) is 2.37. The van der Waals surface area contributed by atoms with Crippen molar-refractivity contribution in [1.29, 1.82) is 0 Å². The third-order valence-corrected chi connectivity index (χ3v) is 3.60. The van der Waals surface area contributed by atoms with Gasteiger partial charge in [0.2, 0.25) is 0 Å². The molecule has 3 nitrogen and oxygen atoms in total. The predicted molar refractivity (Wildman–Crippen MR) is 84.7 cm³/mol. The molecule has 0 aliphatic rings. The zero-order chi connectivity index (χ0) is 14.5. The Morgan fingerprint density at radius 3 is 2.65 bits per heavy atom. The first-order chi connectivity index (χ1) is 9.54. The summed E-state index contributed by atoms with van der Waals surface area (Å²) in [5.41, 5.74) is 0.696. The number of benzene rings is 2. The van der Waals surface area contributed by atoms with Crippen molar-refractivity contribution in [2.75, 3.05) is 11.9 Å². The smallest absolute Gasteiger partial charge is 0.262 e. The highest BCUT2D eigenvalue weighted by Crippen LogP contribution is 2.26. The van der Waals surface area contributed by atoms with Crippen molar-refractivity contribution in [2.24, 2.45) is 0 Å². The summed E-state index contributed by atoms with van der Waals surface area (Å²) in [5.74, 6) is 0.234. The zero-order valence-electron chi connectivity index (χ0n) is 10.2. The largest absolute Gasteiger partial charge is 0.484 e. The van der Waals surface area contributed by atoms with Crippen LogP contribution in [0.3, 0.4) is 0 Å². The van der Waals surface area contributed by atoms with Gasteiger partial charge in [0.05, 0.1) is 10.0 Å². The normalized spacial score (nSPS) is 10.2. The summed E-state index contributed by atoms with van der Waals surface area (Å²) in [6.07, 6.45) is 0. The highest BCUT2D eigenvalue weighted by molar-refractivity contribution is 9.10. The van der Waals surface area contributed by atoms with E-state index < -0.39 is 0 Å². The molecule has 0 spiro atoms. The standard InChI is InChI=1S/C14H10BrCl2NO2/c15-9-2-1-3-10(6-9)18-14(19)8-20-11-4-5-12(16)13(17)7-11/h1-7H,8H2,(H,18,19). The highest BCUT2D eigenvalue weighted by atomic mass is 79.9. The van der Waals surface area contributed by atoms with Gasteiger partial charge in [-0.25, -0.2) is 0 Å². The van der Waals surface area contributed by atoms with Crippen LogP contribution in [0.4, 0.5) is 5.69 Å². The molecule has 0 heterocycles. The first-order valence-electron chi connectivity index (χ1n) is 5.68. The lowest BCUT2D eigenvalue weighted by atomic mass is 10.3. The van der Waals surface area contributed by atoms with Crippen molar-refractivity contribution < 1.29 is 9.53 Å². The van der Waals surface area contributed by atoms with Gasteiger partial charge in [0.1, 0.15) is 5.75 Å². The summed E-state index contributed by atoms with van der Waals surface area (Å²) in [6.45, 7) is -0.107. The van der Waals surface area contributed by atoms with E-state index >= 15 is 0 Å². The molecule has 0 atom stereocenters. The van der Waals surface area contributed by atoms with E-state index in [1.165, 1.54) is 0 Å². The molecule has 0 aromatic heterocycles. The monoisotopic (exact) mass is 373 g/mol. The predicted octanol–water partition coefficient (Wildman–Crippen LogP) is 4.77. The Balaban J connectivity index is 1.90. The van der Waals surface area contributed by atoms with Crippen molar-refractivity contribution >= 4 is 50.7 Å². The highest BCUT2D eigenvalue weighted by Gasteiger charge is 2.05. The summed E-state index contributed by atoms with van der Waals surface area (Å²) in [6, 6.07) is 12.1. The van der Waals surface area contributed by atoms with E-state index in [1.807, 2.05) is 12.1 Å². The number of hydrogen-bond acceptors (Lipinski definition) is 2. The average molecular weight is 375 g/mol. The summed E-state index contributed by atoms with van der Waals surface area (Å²) in [5, 5.41) is 3.55. The lowest BCUT2D eigenvalue weighted by molar-refractivity contribution is -0.118. The van der Waals surface area contributed by atoms with Crippen LogP contribution in [-0.2, 0) is 4.79 Å². The molecule has 0 aliphatic carbocycles. The van der Waals surface area contributed by atoms with E-state index in [0.717, 1.165) is 4.47 Å². The van der Waals surface area contributed by atoms with Gasteiger partial charge in [-0.15, -0.1) is 0 Å². The van der Waals surface area contributed by atoms with Gasteiger partial charge >= 0.3 is 0 Å². The zero-order valence-corrected chi connectivity index (χ0v) is 13.3. The minimum atomic E-state index is -0.255. The second-order valence-corrected chi connectivity index (χ2v) is 5.65. The SMILES string of the molecule is O=C(COc1ccc(Cl)c(Cl)c1)Nc1cccc(Br)c1. The number of amides is 1. The minimum Gasteiger partial charge on any atom is -0.484 e. The number of nitrogens with one attached hydrogen (secondary N) is 1. The van der Waals surface area contributed by atoms with Crippen LogP contribution in [0, 0.1) is 0 Å². The van der Waals surface area contributed by atoms with E-state index in [2.05, 4.69) is 21.2 Å². The fourth-order valence-corrected chi connectivity index (χ4v) is 2.17. The maximum Gasteiger partial charge on any atom is 0.262 e. The van der Waals surface area contributed by atoms with Crippen molar-refractivity contribution in [1.82, 2.24) is 0 Å². The second kappa shape index (κ2) is 6.97. The summed E-state index contributed by atoms with van der Waals surface area (Å²) < 4.78 is 6.23. The lowest BCUT2D eigenvalue weighted by Crippen LogP contribution is -2.20. The van der Waals surface area contributed by atoms with Gasteiger partial charge in [-0.2, -0.15) is 0 Å². The Hall–Kier alpha value is -1.23. The molecule has 0 bridgehead atoms. The van der Waals surface area contributed by atoms with Crippen LogP contribution in [-0.4, -0.2) is 12.5 Å². The number of halogens is 3. The van der Waals surface area contributed by atoms with E-state index in [0.29, 0.717) is 21.5 Å². The minimum absolute atomic E-state index is 0.107. The molecule has 20 heavy (non-hydrogen) atoms. The average Bonchev–Trinajstić information content (AvgIpc) is 2.40. The number of carbonyl (C=O) groups excluding carboxylic acids is 1. The van der Waals surface area contributed by atoms with Gasteiger partial charge in [0, 0.05) is 16.2 Å². The number of rotatable bonds is 4. The molecule has 6 heteroatoms. The molecular formula is C14H10BrCl2NO2. The maximum atomic E-state index is 11.7. The topological polar surface area (TPSA) is 38.3 Å². The first kappa shape index (κ1) is 15.2. The molecule has 0 aliphatic heterocycles. The quantitative estimate of drug-likeness (QED) is 0.836. The van der Waals surface area contributed by atoms with Crippen LogP contribution in [0.1, 0.15) is 0 Å². The van der Waals surface area contributed by atoms with Gasteiger partial charge < -0.3 is 10.1 Å². The Morgan fingerprint density at radius 2 is 1.95 bits per heavy atom. The Morgan fingerprint density at radius 1 is 1.15 bits per heavy atom. The van der Waals surface area contributed by atoms with Crippen molar-refractivity contribution in [3.63, 3.8) is 0 Å². The van der Waals surface area contributed by atoms with Crippen molar-refractivity contribution in [2.45, 2.75) is 0 Å². The summed E-state index contributed by atoms with van der Waals surface area (Å²) >= 11 is 15.0. The molecule has 1 N–H and O–H groups in total. The second-order valence-electron chi connectivity index (χ2n) is 3.92. The van der Waals surface area contributed by atoms with Crippen LogP contribution in [0.25, 0.3) is 0 Å². The molecule has 0 saturated carbocycles. The van der Waals surface area contributed by atoms with E-state index in [9.17, 15) is 4.79 Å². The molecule has 1 amide bonds. The number of carbonyl (C=O) groups is 1. The number of anilines is 1. The molecule has 0 unspecified atom stereocenters. The van der Waals surface area contributed by atoms with Crippen molar-refractivity contribution in [3.05, 3.63) is 57.0 Å². The Kier molecular flexibility index (Phi) is 5.29. The summed E-state index contributed by atoms with van der Waals surface area (Å²) in [7, 11) is 0. The molecular weight excluding hydrogens is 365 g/mol. The van der Waals surface area contributed by atoms with E-state index in [1.54, 1.807) is 30.3 Å². The summed E-state index contributed by atoms with van der Waals surface area (Å²) in [4.78, 5) is 11.7. The van der Waals surface area contributed by atoms with Gasteiger partial charge in [0.15, 0.2) is 6.61 Å².